The van der Waals surface area contributed by atoms with Gasteiger partial charge in [0.1, 0.15) is 0 Å². The zero-order valence-corrected chi connectivity index (χ0v) is 15.5. The SMILES string of the molecule is C=CCN1C(=O)NC(c2ccccc2)C2=C1CN(CCc1ccccn1)C2=O. The molecule has 0 aliphatic carbocycles. The number of amides is 3. The van der Waals surface area contributed by atoms with E-state index in [1.165, 1.54) is 0 Å². The molecule has 0 saturated carbocycles. The van der Waals surface area contributed by atoms with E-state index in [4.69, 9.17) is 0 Å². The number of carbonyl (C=O) groups is 2. The number of urea groups is 1. The number of benzene rings is 1. The lowest BCUT2D eigenvalue weighted by atomic mass is 9.95. The third kappa shape index (κ3) is 3.29. The van der Waals surface area contributed by atoms with Crippen molar-refractivity contribution >= 4 is 11.9 Å². The Hall–Kier alpha value is -3.41. The summed E-state index contributed by atoms with van der Waals surface area (Å²) in [5.41, 5.74) is 3.26. The van der Waals surface area contributed by atoms with Crippen LogP contribution in [-0.2, 0) is 11.2 Å². The molecule has 3 heterocycles. The summed E-state index contributed by atoms with van der Waals surface area (Å²) in [6, 6.07) is 14.7. The van der Waals surface area contributed by atoms with Gasteiger partial charge >= 0.3 is 6.03 Å². The maximum absolute atomic E-state index is 13.2. The Kier molecular flexibility index (Phi) is 4.93. The molecule has 1 N–H and O–H groups in total. The van der Waals surface area contributed by atoms with Gasteiger partial charge < -0.3 is 10.2 Å². The number of pyridine rings is 1. The van der Waals surface area contributed by atoms with Crippen molar-refractivity contribution in [2.75, 3.05) is 19.6 Å². The molecule has 1 unspecified atom stereocenters. The van der Waals surface area contributed by atoms with Crippen LogP contribution in [0.1, 0.15) is 17.3 Å². The maximum atomic E-state index is 13.2. The summed E-state index contributed by atoms with van der Waals surface area (Å²) >= 11 is 0. The highest BCUT2D eigenvalue weighted by Crippen LogP contribution is 2.36. The van der Waals surface area contributed by atoms with Gasteiger partial charge in [-0.05, 0) is 17.7 Å². The smallest absolute Gasteiger partial charge is 0.322 e. The van der Waals surface area contributed by atoms with E-state index < -0.39 is 6.04 Å². The van der Waals surface area contributed by atoms with Crippen molar-refractivity contribution in [1.82, 2.24) is 20.1 Å². The van der Waals surface area contributed by atoms with Crippen molar-refractivity contribution in [3.63, 3.8) is 0 Å². The van der Waals surface area contributed by atoms with Crippen LogP contribution in [0, 0.1) is 0 Å². The zero-order chi connectivity index (χ0) is 19.5. The Morgan fingerprint density at radius 3 is 2.64 bits per heavy atom. The third-order valence-electron chi connectivity index (χ3n) is 5.11. The fourth-order valence-corrected chi connectivity index (χ4v) is 3.74. The average Bonchev–Trinajstić information content (AvgIpc) is 3.06. The molecule has 1 atom stereocenters. The van der Waals surface area contributed by atoms with Gasteiger partial charge in [-0.1, -0.05) is 42.5 Å². The van der Waals surface area contributed by atoms with Crippen molar-refractivity contribution in [2.24, 2.45) is 0 Å². The Morgan fingerprint density at radius 1 is 1.14 bits per heavy atom. The highest BCUT2D eigenvalue weighted by Gasteiger charge is 2.43. The zero-order valence-electron chi connectivity index (χ0n) is 15.5. The molecule has 0 spiro atoms. The third-order valence-corrected chi connectivity index (χ3v) is 5.11. The van der Waals surface area contributed by atoms with Gasteiger partial charge in [-0.15, -0.1) is 6.58 Å². The van der Waals surface area contributed by atoms with Crippen molar-refractivity contribution < 1.29 is 9.59 Å². The minimum absolute atomic E-state index is 0.0335. The van der Waals surface area contributed by atoms with Gasteiger partial charge in [0.05, 0.1) is 23.9 Å². The molecule has 6 nitrogen and oxygen atoms in total. The summed E-state index contributed by atoms with van der Waals surface area (Å²) in [5.74, 6) is -0.0335. The van der Waals surface area contributed by atoms with Crippen LogP contribution in [0.25, 0.3) is 0 Å². The maximum Gasteiger partial charge on any atom is 0.322 e. The van der Waals surface area contributed by atoms with Gasteiger partial charge in [-0.25, -0.2) is 4.79 Å². The van der Waals surface area contributed by atoms with Crippen molar-refractivity contribution in [1.29, 1.82) is 0 Å². The first kappa shape index (κ1) is 18.0. The summed E-state index contributed by atoms with van der Waals surface area (Å²) in [6.07, 6.45) is 4.10. The Balaban J connectivity index is 1.62. The van der Waals surface area contributed by atoms with E-state index in [-0.39, 0.29) is 11.9 Å². The fourth-order valence-electron chi connectivity index (χ4n) is 3.74. The van der Waals surface area contributed by atoms with Crippen LogP contribution < -0.4 is 5.32 Å². The van der Waals surface area contributed by atoms with Crippen LogP contribution in [0.15, 0.2) is 78.7 Å². The lowest BCUT2D eigenvalue weighted by Gasteiger charge is -2.33. The van der Waals surface area contributed by atoms with E-state index >= 15 is 0 Å². The van der Waals surface area contributed by atoms with Crippen molar-refractivity contribution in [2.45, 2.75) is 12.5 Å². The van der Waals surface area contributed by atoms with Gasteiger partial charge in [-0.3, -0.25) is 14.7 Å². The number of hydrogen-bond donors (Lipinski definition) is 1. The van der Waals surface area contributed by atoms with Gasteiger partial charge in [0.2, 0.25) is 0 Å². The van der Waals surface area contributed by atoms with Crippen LogP contribution in [0.5, 0.6) is 0 Å². The number of carbonyl (C=O) groups excluding carboxylic acids is 2. The monoisotopic (exact) mass is 374 g/mol. The van der Waals surface area contributed by atoms with Gasteiger partial charge in [0.15, 0.2) is 0 Å². The Bertz CT molecular complexity index is 924. The molecule has 2 aliphatic rings. The summed E-state index contributed by atoms with van der Waals surface area (Å²) in [7, 11) is 0. The van der Waals surface area contributed by atoms with Crippen LogP contribution in [-0.4, -0.2) is 46.4 Å². The summed E-state index contributed by atoms with van der Waals surface area (Å²) in [5, 5.41) is 2.99. The Labute approximate surface area is 164 Å². The van der Waals surface area contributed by atoms with E-state index in [0.717, 1.165) is 17.0 Å². The molecule has 2 aromatic rings. The van der Waals surface area contributed by atoms with Crippen LogP contribution in [0.2, 0.25) is 0 Å². The minimum atomic E-state index is -0.433. The standard InChI is InChI=1S/C22H22N4O2/c1-2-13-26-18-15-25(14-11-17-10-6-7-12-23-17)21(27)19(18)20(24-22(26)28)16-8-4-3-5-9-16/h2-10,12,20H,1,11,13-15H2,(H,24,28). The minimum Gasteiger partial charge on any atom is -0.333 e. The number of nitrogens with one attached hydrogen (secondary N) is 1. The molecule has 3 amide bonds. The largest absolute Gasteiger partial charge is 0.333 e. The lowest BCUT2D eigenvalue weighted by molar-refractivity contribution is -0.125. The number of nitrogens with zero attached hydrogens (tertiary/aromatic N) is 3. The topological polar surface area (TPSA) is 65.5 Å². The molecule has 0 bridgehead atoms. The predicted octanol–water partition coefficient (Wildman–Crippen LogP) is 2.67. The molecule has 142 valence electrons. The summed E-state index contributed by atoms with van der Waals surface area (Å²) in [4.78, 5) is 33.7. The summed E-state index contributed by atoms with van der Waals surface area (Å²) in [6.45, 7) is 5.09. The second-order valence-corrected chi connectivity index (χ2v) is 6.85. The predicted molar refractivity (Wildman–Crippen MR) is 106 cm³/mol. The van der Waals surface area contributed by atoms with Gasteiger partial charge in [0.25, 0.3) is 5.91 Å². The molecule has 2 aliphatic heterocycles. The van der Waals surface area contributed by atoms with Crippen molar-refractivity contribution in [3.8, 4) is 0 Å². The number of hydrogen-bond acceptors (Lipinski definition) is 3. The first-order valence-corrected chi connectivity index (χ1v) is 9.35. The van der Waals surface area contributed by atoms with Crippen molar-refractivity contribution in [3.05, 3.63) is 89.9 Å². The molecule has 0 saturated heterocycles. The molecular weight excluding hydrogens is 352 g/mol. The van der Waals surface area contributed by atoms with E-state index in [2.05, 4.69) is 16.9 Å². The Morgan fingerprint density at radius 2 is 1.93 bits per heavy atom. The molecule has 0 radical (unpaired) electrons. The lowest BCUT2D eigenvalue weighted by Crippen LogP contribution is -2.47. The molecule has 0 fully saturated rings. The van der Waals surface area contributed by atoms with Gasteiger partial charge in [0, 0.05) is 31.4 Å². The first-order valence-electron chi connectivity index (χ1n) is 9.35. The second kappa shape index (κ2) is 7.68. The summed E-state index contributed by atoms with van der Waals surface area (Å²) < 4.78 is 0. The van der Waals surface area contributed by atoms with E-state index in [0.29, 0.717) is 31.6 Å². The van der Waals surface area contributed by atoms with Crippen LogP contribution in [0.4, 0.5) is 4.79 Å². The average molecular weight is 374 g/mol. The highest BCUT2D eigenvalue weighted by molar-refractivity contribution is 6.01. The molecule has 1 aromatic heterocycles. The molecular formula is C22H22N4O2. The highest BCUT2D eigenvalue weighted by atomic mass is 16.2. The van der Waals surface area contributed by atoms with Crippen LogP contribution >= 0.6 is 0 Å². The number of rotatable bonds is 6. The quantitative estimate of drug-likeness (QED) is 0.791. The van der Waals surface area contributed by atoms with E-state index in [1.807, 2.05) is 48.5 Å². The van der Waals surface area contributed by atoms with E-state index in [1.54, 1.807) is 22.1 Å². The van der Waals surface area contributed by atoms with E-state index in [9.17, 15) is 9.59 Å². The molecule has 1 aromatic carbocycles. The normalized spacial score (nSPS) is 18.9. The first-order chi connectivity index (χ1) is 13.7. The fraction of sp³-hybridized carbons (Fsp3) is 0.227. The molecule has 4 rings (SSSR count). The van der Waals surface area contributed by atoms with Crippen LogP contribution in [0.3, 0.4) is 0 Å². The number of aromatic nitrogens is 1. The molecule has 28 heavy (non-hydrogen) atoms. The molecule has 6 heteroatoms. The second-order valence-electron chi connectivity index (χ2n) is 6.85. The van der Waals surface area contributed by atoms with Gasteiger partial charge in [-0.2, -0.15) is 0 Å².